The van der Waals surface area contributed by atoms with E-state index in [1.165, 1.54) is 12.4 Å². The standard InChI is InChI=1S/C9H16F2N4.ClH/c1-12-3-5-14(2)7-8-13-4-6-15(8)9(10)11;/h4,6,9,12H,3,5,7H2,1-2H3;1H. The number of nitrogens with one attached hydrogen (secondary N) is 1. The van der Waals surface area contributed by atoms with Crippen molar-refractivity contribution >= 4 is 12.4 Å². The van der Waals surface area contributed by atoms with Crippen LogP contribution in [0, 0.1) is 0 Å². The summed E-state index contributed by atoms with van der Waals surface area (Å²) in [4.78, 5) is 5.85. The largest absolute Gasteiger partial charge is 0.319 e. The molecule has 0 amide bonds. The molecule has 0 saturated heterocycles. The Labute approximate surface area is 100 Å². The van der Waals surface area contributed by atoms with Gasteiger partial charge in [0.1, 0.15) is 5.82 Å². The van der Waals surface area contributed by atoms with E-state index in [4.69, 9.17) is 0 Å². The lowest BCUT2D eigenvalue weighted by Gasteiger charge is -2.16. The average Bonchev–Trinajstić information content (AvgIpc) is 2.62. The summed E-state index contributed by atoms with van der Waals surface area (Å²) in [7, 11) is 3.73. The number of imidazole rings is 1. The van der Waals surface area contributed by atoms with Crippen LogP contribution >= 0.6 is 12.4 Å². The highest BCUT2D eigenvalue weighted by Crippen LogP contribution is 2.13. The minimum absolute atomic E-state index is 0. The molecule has 0 aromatic carbocycles. The van der Waals surface area contributed by atoms with Crippen molar-refractivity contribution in [1.29, 1.82) is 0 Å². The van der Waals surface area contributed by atoms with Gasteiger partial charge in [-0.2, -0.15) is 8.78 Å². The maximum Gasteiger partial charge on any atom is 0.319 e. The zero-order valence-electron chi connectivity index (χ0n) is 9.36. The molecule has 0 spiro atoms. The Kier molecular flexibility index (Phi) is 7.20. The molecule has 0 fully saturated rings. The molecule has 0 saturated carbocycles. The number of halogens is 3. The molecule has 0 radical (unpaired) electrons. The van der Waals surface area contributed by atoms with Gasteiger partial charge in [-0.1, -0.05) is 0 Å². The van der Waals surface area contributed by atoms with Crippen molar-refractivity contribution < 1.29 is 8.78 Å². The van der Waals surface area contributed by atoms with Gasteiger partial charge in [-0.3, -0.25) is 9.47 Å². The van der Waals surface area contributed by atoms with E-state index in [-0.39, 0.29) is 12.4 Å². The van der Waals surface area contributed by atoms with Crippen LogP contribution in [-0.4, -0.2) is 41.6 Å². The minimum Gasteiger partial charge on any atom is -0.318 e. The number of alkyl halides is 2. The summed E-state index contributed by atoms with van der Waals surface area (Å²) in [6.07, 6.45) is 2.69. The molecule has 1 rings (SSSR count). The van der Waals surface area contributed by atoms with Crippen molar-refractivity contribution in [2.24, 2.45) is 0 Å². The molecule has 0 aliphatic carbocycles. The second-order valence-corrected chi connectivity index (χ2v) is 3.37. The van der Waals surface area contributed by atoms with E-state index in [9.17, 15) is 8.78 Å². The SMILES string of the molecule is CNCCN(C)Cc1nccn1C(F)F.Cl. The Balaban J connectivity index is 0.00000225. The van der Waals surface area contributed by atoms with Crippen molar-refractivity contribution in [3.05, 3.63) is 18.2 Å². The summed E-state index contributed by atoms with van der Waals surface area (Å²) in [5.74, 6) is 0.392. The molecule has 0 bridgehead atoms. The zero-order valence-corrected chi connectivity index (χ0v) is 10.2. The molecule has 1 N–H and O–H groups in total. The Morgan fingerprint density at radius 2 is 2.25 bits per heavy atom. The van der Waals surface area contributed by atoms with Gasteiger partial charge >= 0.3 is 6.55 Å². The van der Waals surface area contributed by atoms with E-state index in [0.717, 1.165) is 17.7 Å². The first-order valence-corrected chi connectivity index (χ1v) is 4.78. The van der Waals surface area contributed by atoms with Crippen LogP contribution in [0.4, 0.5) is 8.78 Å². The fraction of sp³-hybridized carbons (Fsp3) is 0.667. The predicted molar refractivity (Wildman–Crippen MR) is 61.0 cm³/mol. The van der Waals surface area contributed by atoms with Crippen molar-refractivity contribution in [2.75, 3.05) is 27.2 Å². The maximum atomic E-state index is 12.5. The number of hydrogen-bond acceptors (Lipinski definition) is 3. The lowest BCUT2D eigenvalue weighted by atomic mass is 10.5. The predicted octanol–water partition coefficient (Wildman–Crippen LogP) is 1.35. The molecule has 16 heavy (non-hydrogen) atoms. The maximum absolute atomic E-state index is 12.5. The Morgan fingerprint density at radius 1 is 1.56 bits per heavy atom. The van der Waals surface area contributed by atoms with Crippen molar-refractivity contribution in [2.45, 2.75) is 13.1 Å². The highest BCUT2D eigenvalue weighted by molar-refractivity contribution is 5.85. The summed E-state index contributed by atoms with van der Waals surface area (Å²) >= 11 is 0. The molecule has 4 nitrogen and oxygen atoms in total. The van der Waals surface area contributed by atoms with E-state index in [1.54, 1.807) is 0 Å². The first-order valence-electron chi connectivity index (χ1n) is 4.78. The number of likely N-dealkylation sites (N-methyl/N-ethyl adjacent to an activating group) is 2. The quantitative estimate of drug-likeness (QED) is 0.832. The Hall–Kier alpha value is -0.720. The van der Waals surface area contributed by atoms with E-state index in [1.807, 2.05) is 19.0 Å². The van der Waals surface area contributed by atoms with E-state index in [0.29, 0.717) is 12.4 Å². The molecule has 0 atom stereocenters. The van der Waals surface area contributed by atoms with Gasteiger partial charge in [0.2, 0.25) is 0 Å². The van der Waals surface area contributed by atoms with Crippen LogP contribution in [0.15, 0.2) is 12.4 Å². The smallest absolute Gasteiger partial charge is 0.318 e. The van der Waals surface area contributed by atoms with Crippen LogP contribution in [0.1, 0.15) is 12.4 Å². The third-order valence-corrected chi connectivity index (χ3v) is 2.11. The van der Waals surface area contributed by atoms with E-state index < -0.39 is 6.55 Å². The topological polar surface area (TPSA) is 33.1 Å². The van der Waals surface area contributed by atoms with Crippen LogP contribution in [0.3, 0.4) is 0 Å². The van der Waals surface area contributed by atoms with Gasteiger partial charge in [0.15, 0.2) is 0 Å². The van der Waals surface area contributed by atoms with Crippen LogP contribution < -0.4 is 5.32 Å². The minimum atomic E-state index is -2.51. The summed E-state index contributed by atoms with van der Waals surface area (Å²) in [5.41, 5.74) is 0. The monoisotopic (exact) mass is 254 g/mol. The number of hydrogen-bond donors (Lipinski definition) is 1. The number of aromatic nitrogens is 2. The highest BCUT2D eigenvalue weighted by Gasteiger charge is 2.12. The van der Waals surface area contributed by atoms with Crippen LogP contribution in [0.2, 0.25) is 0 Å². The van der Waals surface area contributed by atoms with Gasteiger partial charge in [0.05, 0.1) is 6.54 Å². The summed E-state index contributed by atoms with van der Waals surface area (Å²) in [6, 6.07) is 0. The molecule has 1 heterocycles. The van der Waals surface area contributed by atoms with E-state index >= 15 is 0 Å². The average molecular weight is 255 g/mol. The first-order chi connectivity index (χ1) is 7.15. The first kappa shape index (κ1) is 15.3. The second-order valence-electron chi connectivity index (χ2n) is 3.37. The van der Waals surface area contributed by atoms with Crippen molar-refractivity contribution in [3.8, 4) is 0 Å². The molecule has 0 aliphatic rings. The molecular weight excluding hydrogens is 238 g/mol. The Morgan fingerprint density at radius 3 is 2.81 bits per heavy atom. The Bertz CT molecular complexity index is 293. The van der Waals surface area contributed by atoms with Gasteiger partial charge in [-0.15, -0.1) is 12.4 Å². The number of rotatable bonds is 6. The van der Waals surface area contributed by atoms with Crippen molar-refractivity contribution in [1.82, 2.24) is 19.8 Å². The normalized spacial score (nSPS) is 10.9. The molecule has 1 aromatic rings. The van der Waals surface area contributed by atoms with E-state index in [2.05, 4.69) is 10.3 Å². The second kappa shape index (κ2) is 7.54. The highest BCUT2D eigenvalue weighted by atomic mass is 35.5. The molecule has 0 unspecified atom stereocenters. The molecule has 0 aliphatic heterocycles. The van der Waals surface area contributed by atoms with Crippen LogP contribution in [-0.2, 0) is 6.54 Å². The number of nitrogens with zero attached hydrogens (tertiary/aromatic N) is 3. The van der Waals surface area contributed by atoms with Crippen LogP contribution in [0.25, 0.3) is 0 Å². The van der Waals surface area contributed by atoms with Gasteiger partial charge in [-0.25, -0.2) is 4.98 Å². The fourth-order valence-electron chi connectivity index (χ4n) is 1.27. The third kappa shape index (κ3) is 4.42. The molecule has 94 valence electrons. The van der Waals surface area contributed by atoms with Gasteiger partial charge < -0.3 is 5.32 Å². The lowest BCUT2D eigenvalue weighted by Crippen LogP contribution is -2.28. The zero-order chi connectivity index (χ0) is 11.3. The van der Waals surface area contributed by atoms with Crippen molar-refractivity contribution in [3.63, 3.8) is 0 Å². The van der Waals surface area contributed by atoms with Gasteiger partial charge in [0, 0.05) is 25.5 Å². The lowest BCUT2D eigenvalue weighted by molar-refractivity contribution is 0.0646. The van der Waals surface area contributed by atoms with Gasteiger partial charge in [0.25, 0.3) is 0 Å². The molecular formula is C9H17ClF2N4. The summed E-state index contributed by atoms with van der Waals surface area (Å²) in [5, 5.41) is 3.00. The summed E-state index contributed by atoms with van der Waals surface area (Å²) in [6.45, 7) is -0.461. The summed E-state index contributed by atoms with van der Waals surface area (Å²) < 4.78 is 25.8. The van der Waals surface area contributed by atoms with Gasteiger partial charge in [-0.05, 0) is 14.1 Å². The molecule has 1 aromatic heterocycles. The fourth-order valence-corrected chi connectivity index (χ4v) is 1.27. The third-order valence-electron chi connectivity index (χ3n) is 2.11. The van der Waals surface area contributed by atoms with Crippen LogP contribution in [0.5, 0.6) is 0 Å². The molecule has 7 heteroatoms.